The van der Waals surface area contributed by atoms with Crippen LogP contribution in [0.3, 0.4) is 0 Å². The average molecular weight is 260 g/mol. The summed E-state index contributed by atoms with van der Waals surface area (Å²) in [6.45, 7) is 2.83. The zero-order valence-corrected chi connectivity index (χ0v) is 10.8. The molecule has 0 spiro atoms. The molecular formula is C14H16N2O3. The summed E-state index contributed by atoms with van der Waals surface area (Å²) in [4.78, 5) is 26.3. The third kappa shape index (κ3) is 3.34. The number of nitrogens with zero attached hydrogens (tertiary/aromatic N) is 1. The number of aromatic amines is 1. The number of pyridine rings is 2. The third-order valence-corrected chi connectivity index (χ3v) is 2.64. The SMILES string of the molecule is CCCOc1c[nH]c(Cn2ccccc2=O)cc1=O. The van der Waals surface area contributed by atoms with Gasteiger partial charge < -0.3 is 14.3 Å². The van der Waals surface area contributed by atoms with Crippen LogP contribution >= 0.6 is 0 Å². The number of hydrogen-bond acceptors (Lipinski definition) is 3. The van der Waals surface area contributed by atoms with Crippen molar-refractivity contribution in [2.45, 2.75) is 19.9 Å². The van der Waals surface area contributed by atoms with Gasteiger partial charge in [0.05, 0.1) is 13.2 Å². The van der Waals surface area contributed by atoms with Crippen LogP contribution in [0.25, 0.3) is 0 Å². The summed E-state index contributed by atoms with van der Waals surface area (Å²) in [5.41, 5.74) is 0.392. The molecule has 1 N–H and O–H groups in total. The Kier molecular flexibility index (Phi) is 4.18. The van der Waals surface area contributed by atoms with Crippen LogP contribution in [-0.4, -0.2) is 16.2 Å². The molecule has 0 amide bonds. The van der Waals surface area contributed by atoms with Crippen molar-refractivity contribution in [3.05, 3.63) is 62.9 Å². The molecule has 2 heterocycles. The molecule has 0 saturated carbocycles. The van der Waals surface area contributed by atoms with Crippen LogP contribution in [0, 0.1) is 0 Å². The quantitative estimate of drug-likeness (QED) is 0.883. The molecule has 0 fully saturated rings. The van der Waals surface area contributed by atoms with Gasteiger partial charge >= 0.3 is 0 Å². The van der Waals surface area contributed by atoms with Crippen LogP contribution in [0.5, 0.6) is 5.75 Å². The molecule has 0 saturated heterocycles. The van der Waals surface area contributed by atoms with Crippen molar-refractivity contribution in [1.82, 2.24) is 9.55 Å². The maximum atomic E-state index is 11.8. The fourth-order valence-electron chi connectivity index (χ4n) is 1.69. The molecular weight excluding hydrogens is 244 g/mol. The molecule has 0 atom stereocenters. The summed E-state index contributed by atoms with van der Waals surface area (Å²) in [5.74, 6) is 0.311. The van der Waals surface area contributed by atoms with Crippen LogP contribution in [0.1, 0.15) is 19.0 Å². The average Bonchev–Trinajstić information content (AvgIpc) is 2.40. The van der Waals surface area contributed by atoms with E-state index in [9.17, 15) is 9.59 Å². The Morgan fingerprint density at radius 2 is 2.16 bits per heavy atom. The lowest BCUT2D eigenvalue weighted by atomic mass is 10.3. The van der Waals surface area contributed by atoms with E-state index in [0.717, 1.165) is 6.42 Å². The van der Waals surface area contributed by atoms with Crippen molar-refractivity contribution in [1.29, 1.82) is 0 Å². The van der Waals surface area contributed by atoms with E-state index >= 15 is 0 Å². The Morgan fingerprint density at radius 3 is 2.84 bits per heavy atom. The van der Waals surface area contributed by atoms with Crippen LogP contribution in [0.2, 0.25) is 0 Å². The fourth-order valence-corrected chi connectivity index (χ4v) is 1.69. The minimum absolute atomic E-state index is 0.102. The molecule has 2 rings (SSSR count). The van der Waals surface area contributed by atoms with Gasteiger partial charge in [-0.2, -0.15) is 0 Å². The maximum absolute atomic E-state index is 11.8. The van der Waals surface area contributed by atoms with Gasteiger partial charge in [0.15, 0.2) is 5.75 Å². The highest BCUT2D eigenvalue weighted by molar-refractivity contribution is 5.20. The molecule has 5 heteroatoms. The normalized spacial score (nSPS) is 10.4. The zero-order chi connectivity index (χ0) is 13.7. The highest BCUT2D eigenvalue weighted by atomic mass is 16.5. The first-order valence-corrected chi connectivity index (χ1v) is 6.20. The van der Waals surface area contributed by atoms with Crippen molar-refractivity contribution in [3.8, 4) is 5.75 Å². The van der Waals surface area contributed by atoms with Gasteiger partial charge in [0.1, 0.15) is 0 Å². The van der Waals surface area contributed by atoms with Gasteiger partial charge in [0.2, 0.25) is 5.43 Å². The minimum Gasteiger partial charge on any atom is -0.488 e. The van der Waals surface area contributed by atoms with Crippen molar-refractivity contribution in [2.24, 2.45) is 0 Å². The van der Waals surface area contributed by atoms with Gasteiger partial charge in [0.25, 0.3) is 5.56 Å². The monoisotopic (exact) mass is 260 g/mol. The van der Waals surface area contributed by atoms with Crippen molar-refractivity contribution in [2.75, 3.05) is 6.61 Å². The van der Waals surface area contributed by atoms with Crippen molar-refractivity contribution < 1.29 is 4.74 Å². The molecule has 5 nitrogen and oxygen atoms in total. The van der Waals surface area contributed by atoms with E-state index in [-0.39, 0.29) is 11.0 Å². The summed E-state index contributed by atoms with van der Waals surface area (Å²) < 4.78 is 6.83. The van der Waals surface area contributed by atoms with Gasteiger partial charge in [-0.25, -0.2) is 0 Å². The lowest BCUT2D eigenvalue weighted by Crippen LogP contribution is -2.20. The molecule has 0 aliphatic heterocycles. The van der Waals surface area contributed by atoms with Crippen LogP contribution in [0.15, 0.2) is 46.2 Å². The van der Waals surface area contributed by atoms with E-state index in [1.807, 2.05) is 6.92 Å². The Labute approximate surface area is 110 Å². The zero-order valence-electron chi connectivity index (χ0n) is 10.8. The largest absolute Gasteiger partial charge is 0.488 e. The summed E-state index contributed by atoms with van der Waals surface area (Å²) in [5, 5.41) is 0. The van der Waals surface area contributed by atoms with E-state index in [1.165, 1.54) is 16.7 Å². The van der Waals surface area contributed by atoms with Gasteiger partial charge in [-0.15, -0.1) is 0 Å². The van der Waals surface area contributed by atoms with E-state index in [1.54, 1.807) is 24.5 Å². The number of aromatic nitrogens is 2. The third-order valence-electron chi connectivity index (χ3n) is 2.64. The van der Waals surface area contributed by atoms with Crippen LogP contribution in [-0.2, 0) is 6.54 Å². The Balaban J connectivity index is 2.19. The molecule has 2 aromatic heterocycles. The smallest absolute Gasteiger partial charge is 0.250 e. The second-order valence-corrected chi connectivity index (χ2v) is 4.20. The molecule has 0 aliphatic carbocycles. The van der Waals surface area contributed by atoms with Gasteiger partial charge in [-0.05, 0) is 12.5 Å². The standard InChI is InChI=1S/C14H16N2O3/c1-2-7-19-13-9-15-11(8-12(13)17)10-16-6-4-3-5-14(16)18/h3-6,8-9H,2,7,10H2,1H3,(H,15,17). The Hall–Kier alpha value is -2.30. The summed E-state index contributed by atoms with van der Waals surface area (Å²) in [6.07, 6.45) is 4.07. The highest BCUT2D eigenvalue weighted by Gasteiger charge is 2.03. The maximum Gasteiger partial charge on any atom is 0.250 e. The van der Waals surface area contributed by atoms with E-state index in [0.29, 0.717) is 24.6 Å². The number of nitrogens with one attached hydrogen (secondary N) is 1. The predicted octanol–water partition coefficient (Wildman–Crippen LogP) is 1.37. The van der Waals surface area contributed by atoms with E-state index in [2.05, 4.69) is 4.98 Å². The first-order chi connectivity index (χ1) is 9.20. The number of hydrogen-bond donors (Lipinski definition) is 1. The molecule has 0 aliphatic rings. The van der Waals surface area contributed by atoms with Crippen molar-refractivity contribution >= 4 is 0 Å². The molecule has 0 bridgehead atoms. The molecule has 0 aromatic carbocycles. The van der Waals surface area contributed by atoms with Crippen molar-refractivity contribution in [3.63, 3.8) is 0 Å². The number of H-pyrrole nitrogens is 1. The molecule has 0 unspecified atom stereocenters. The van der Waals surface area contributed by atoms with Crippen LogP contribution in [0.4, 0.5) is 0 Å². The first kappa shape index (κ1) is 13.1. The number of rotatable bonds is 5. The predicted molar refractivity (Wildman–Crippen MR) is 72.7 cm³/mol. The van der Waals surface area contributed by atoms with Crippen LogP contribution < -0.4 is 15.7 Å². The molecule has 0 radical (unpaired) electrons. The molecule has 100 valence electrons. The van der Waals surface area contributed by atoms with E-state index in [4.69, 9.17) is 4.74 Å². The van der Waals surface area contributed by atoms with E-state index < -0.39 is 0 Å². The second-order valence-electron chi connectivity index (χ2n) is 4.20. The molecule has 19 heavy (non-hydrogen) atoms. The fraction of sp³-hybridized carbons (Fsp3) is 0.286. The lowest BCUT2D eigenvalue weighted by Gasteiger charge is -2.07. The summed E-state index contributed by atoms with van der Waals surface area (Å²) in [6, 6.07) is 6.41. The highest BCUT2D eigenvalue weighted by Crippen LogP contribution is 2.03. The summed E-state index contributed by atoms with van der Waals surface area (Å²) >= 11 is 0. The summed E-state index contributed by atoms with van der Waals surface area (Å²) in [7, 11) is 0. The lowest BCUT2D eigenvalue weighted by molar-refractivity contribution is 0.313. The number of ether oxygens (including phenoxy) is 1. The minimum atomic E-state index is -0.175. The Morgan fingerprint density at radius 1 is 1.32 bits per heavy atom. The van der Waals surface area contributed by atoms with Gasteiger partial charge in [0, 0.05) is 30.2 Å². The first-order valence-electron chi connectivity index (χ1n) is 6.20. The van der Waals surface area contributed by atoms with Gasteiger partial charge in [-0.1, -0.05) is 13.0 Å². The Bertz CT molecular complexity index is 658. The topological polar surface area (TPSA) is 64.1 Å². The second kappa shape index (κ2) is 6.04. The molecule has 2 aromatic rings. The van der Waals surface area contributed by atoms with Gasteiger partial charge in [-0.3, -0.25) is 9.59 Å².